The van der Waals surface area contributed by atoms with E-state index >= 15 is 0 Å². The van der Waals surface area contributed by atoms with Gasteiger partial charge in [-0.3, -0.25) is 4.90 Å². The maximum Gasteiger partial charge on any atom is 0.410 e. The molecule has 1 heterocycles. The Kier molecular flexibility index (Phi) is 6.68. The summed E-state index contributed by atoms with van der Waals surface area (Å²) in [6, 6.07) is 7.13. The third-order valence-electron chi connectivity index (χ3n) is 4.95. The van der Waals surface area contributed by atoms with E-state index in [0.29, 0.717) is 6.54 Å². The van der Waals surface area contributed by atoms with Crippen LogP contribution in [0.3, 0.4) is 0 Å². The van der Waals surface area contributed by atoms with Gasteiger partial charge in [0, 0.05) is 36.2 Å². The lowest BCUT2D eigenvalue weighted by Crippen LogP contribution is -2.58. The van der Waals surface area contributed by atoms with E-state index in [9.17, 15) is 4.79 Å². The van der Waals surface area contributed by atoms with Crippen LogP contribution in [0.15, 0.2) is 22.7 Å². The Morgan fingerprint density at radius 3 is 2.26 bits per heavy atom. The second kappa shape index (κ2) is 8.12. The Hall–Kier alpha value is -1.07. The van der Waals surface area contributed by atoms with E-state index in [1.165, 1.54) is 11.1 Å². The van der Waals surface area contributed by atoms with E-state index in [2.05, 4.69) is 73.6 Å². The van der Waals surface area contributed by atoms with Crippen molar-refractivity contribution in [1.82, 2.24) is 9.80 Å². The number of halogens is 1. The molecule has 2 unspecified atom stereocenters. The molecule has 0 aliphatic carbocycles. The molecule has 1 amide bonds. The Labute approximate surface area is 173 Å². The van der Waals surface area contributed by atoms with Crippen molar-refractivity contribution < 1.29 is 9.53 Å². The minimum absolute atomic E-state index is 0.118. The van der Waals surface area contributed by atoms with Gasteiger partial charge < -0.3 is 9.64 Å². The van der Waals surface area contributed by atoms with E-state index in [4.69, 9.17) is 4.74 Å². The Morgan fingerprint density at radius 1 is 1.07 bits per heavy atom. The van der Waals surface area contributed by atoms with Crippen molar-refractivity contribution in [3.63, 3.8) is 0 Å². The van der Waals surface area contributed by atoms with Crippen molar-refractivity contribution in [2.45, 2.75) is 85.0 Å². The normalized spacial score (nSPS) is 22.0. The van der Waals surface area contributed by atoms with Gasteiger partial charge in [-0.05, 0) is 63.3 Å². The smallest absolute Gasteiger partial charge is 0.410 e. The van der Waals surface area contributed by atoms with Gasteiger partial charge in [0.15, 0.2) is 0 Å². The lowest BCUT2D eigenvalue weighted by molar-refractivity contribution is -0.0117. The third-order valence-corrected chi connectivity index (χ3v) is 5.41. The van der Waals surface area contributed by atoms with E-state index in [-0.39, 0.29) is 23.6 Å². The summed E-state index contributed by atoms with van der Waals surface area (Å²) in [6.45, 7) is 19.2. The molecular formula is C22H35BrN2O2. The molecule has 2 rings (SSSR count). The molecule has 1 saturated heterocycles. The number of carbonyl (C=O) groups excluding carboxylic acids is 1. The van der Waals surface area contributed by atoms with Crippen LogP contribution in [-0.2, 0) is 16.7 Å². The summed E-state index contributed by atoms with van der Waals surface area (Å²) in [4.78, 5) is 16.8. The second-order valence-corrected chi connectivity index (χ2v) is 10.8. The monoisotopic (exact) mass is 438 g/mol. The molecule has 1 aliphatic heterocycles. The van der Waals surface area contributed by atoms with E-state index in [0.717, 1.165) is 17.6 Å². The lowest BCUT2D eigenvalue weighted by Gasteiger charge is -2.44. The van der Waals surface area contributed by atoms with E-state index < -0.39 is 5.60 Å². The zero-order chi connectivity index (χ0) is 20.6. The maximum atomic E-state index is 12.5. The predicted molar refractivity (Wildman–Crippen MR) is 115 cm³/mol. The maximum absolute atomic E-state index is 12.5. The van der Waals surface area contributed by atoms with Crippen LogP contribution in [0.4, 0.5) is 4.79 Å². The predicted octanol–water partition coefficient (Wildman–Crippen LogP) is 5.58. The van der Waals surface area contributed by atoms with Gasteiger partial charge >= 0.3 is 6.09 Å². The molecule has 1 fully saturated rings. The molecule has 0 radical (unpaired) electrons. The zero-order valence-corrected chi connectivity index (χ0v) is 19.7. The van der Waals surface area contributed by atoms with Gasteiger partial charge in [-0.1, -0.05) is 42.8 Å². The van der Waals surface area contributed by atoms with Crippen LogP contribution < -0.4 is 0 Å². The average molecular weight is 439 g/mol. The van der Waals surface area contributed by atoms with Gasteiger partial charge in [-0.25, -0.2) is 4.79 Å². The molecule has 0 aromatic heterocycles. The van der Waals surface area contributed by atoms with Crippen molar-refractivity contribution in [3.05, 3.63) is 33.8 Å². The third kappa shape index (κ3) is 6.21. The van der Waals surface area contributed by atoms with Gasteiger partial charge in [0.2, 0.25) is 0 Å². The zero-order valence-electron chi connectivity index (χ0n) is 18.1. The minimum Gasteiger partial charge on any atom is -0.444 e. The fraction of sp³-hybridized carbons (Fsp3) is 0.682. The van der Waals surface area contributed by atoms with Gasteiger partial charge in [0.1, 0.15) is 5.60 Å². The van der Waals surface area contributed by atoms with Crippen molar-refractivity contribution >= 4 is 22.0 Å². The summed E-state index contributed by atoms with van der Waals surface area (Å²) in [6.07, 6.45) is -0.209. The number of benzene rings is 1. The molecule has 152 valence electrons. The molecule has 1 aliphatic rings. The summed E-state index contributed by atoms with van der Waals surface area (Å²) < 4.78 is 6.70. The standard InChI is InChI=1S/C22H35BrN2O2/c1-15-13-25(20(26)27-22(6,7)8)16(2)12-24(15)14-17-9-18(21(3,4)5)11-19(23)10-17/h9-11,15-16H,12-14H2,1-8H3. The molecule has 0 saturated carbocycles. The number of hydrogen-bond donors (Lipinski definition) is 0. The minimum atomic E-state index is -0.461. The number of piperazine rings is 1. The van der Waals surface area contributed by atoms with E-state index in [1.807, 2.05) is 25.7 Å². The number of amides is 1. The highest BCUT2D eigenvalue weighted by Crippen LogP contribution is 2.28. The molecule has 4 nitrogen and oxygen atoms in total. The first-order valence-corrected chi connectivity index (χ1v) is 10.6. The quantitative estimate of drug-likeness (QED) is 0.604. The Morgan fingerprint density at radius 2 is 1.70 bits per heavy atom. The lowest BCUT2D eigenvalue weighted by atomic mass is 9.86. The molecule has 0 spiro atoms. The number of carbonyl (C=O) groups is 1. The molecule has 0 N–H and O–H groups in total. The summed E-state index contributed by atoms with van der Waals surface area (Å²) in [5, 5.41) is 0. The molecule has 1 aromatic carbocycles. The SMILES string of the molecule is CC1CN(C(=O)OC(C)(C)C)C(C)CN1Cc1cc(Br)cc(C(C)(C)C)c1. The topological polar surface area (TPSA) is 32.8 Å². The highest BCUT2D eigenvalue weighted by atomic mass is 79.9. The summed E-state index contributed by atoms with van der Waals surface area (Å²) in [5.41, 5.74) is 2.29. The summed E-state index contributed by atoms with van der Waals surface area (Å²) >= 11 is 3.67. The highest BCUT2D eigenvalue weighted by Gasteiger charge is 2.34. The second-order valence-electron chi connectivity index (χ2n) is 9.86. The van der Waals surface area contributed by atoms with Crippen LogP contribution in [0.5, 0.6) is 0 Å². The Bertz CT molecular complexity index is 676. The van der Waals surface area contributed by atoms with Crippen LogP contribution in [0.1, 0.15) is 66.5 Å². The fourth-order valence-electron chi connectivity index (χ4n) is 3.40. The molecular weight excluding hydrogens is 404 g/mol. The van der Waals surface area contributed by atoms with Gasteiger partial charge in [0.05, 0.1) is 0 Å². The van der Waals surface area contributed by atoms with Crippen molar-refractivity contribution in [2.75, 3.05) is 13.1 Å². The molecule has 5 heteroatoms. The first-order chi connectivity index (χ1) is 12.3. The van der Waals surface area contributed by atoms with Crippen LogP contribution >= 0.6 is 15.9 Å². The number of ether oxygens (including phenoxy) is 1. The molecule has 2 atom stereocenters. The van der Waals surface area contributed by atoms with E-state index in [1.54, 1.807) is 0 Å². The summed E-state index contributed by atoms with van der Waals surface area (Å²) in [7, 11) is 0. The largest absolute Gasteiger partial charge is 0.444 e. The highest BCUT2D eigenvalue weighted by molar-refractivity contribution is 9.10. The number of hydrogen-bond acceptors (Lipinski definition) is 3. The van der Waals surface area contributed by atoms with Crippen LogP contribution in [0.2, 0.25) is 0 Å². The van der Waals surface area contributed by atoms with Gasteiger partial charge in [-0.15, -0.1) is 0 Å². The summed E-state index contributed by atoms with van der Waals surface area (Å²) in [5.74, 6) is 0. The first kappa shape index (κ1) is 22.2. The molecule has 27 heavy (non-hydrogen) atoms. The number of nitrogens with zero attached hydrogens (tertiary/aromatic N) is 2. The molecule has 1 aromatic rings. The van der Waals surface area contributed by atoms with Crippen molar-refractivity contribution in [1.29, 1.82) is 0 Å². The first-order valence-electron chi connectivity index (χ1n) is 9.80. The van der Waals surface area contributed by atoms with Gasteiger partial charge in [0.25, 0.3) is 0 Å². The van der Waals surface area contributed by atoms with Crippen LogP contribution in [0.25, 0.3) is 0 Å². The van der Waals surface area contributed by atoms with Crippen molar-refractivity contribution in [3.8, 4) is 0 Å². The molecule has 0 bridgehead atoms. The van der Waals surface area contributed by atoms with Gasteiger partial charge in [-0.2, -0.15) is 0 Å². The van der Waals surface area contributed by atoms with Crippen molar-refractivity contribution in [2.24, 2.45) is 0 Å². The number of rotatable bonds is 2. The van der Waals surface area contributed by atoms with Crippen LogP contribution in [-0.4, -0.2) is 46.7 Å². The Balaban J connectivity index is 2.10. The average Bonchev–Trinajstić information content (AvgIpc) is 2.47. The van der Waals surface area contributed by atoms with Crippen LogP contribution in [0, 0.1) is 0 Å². The fourth-order valence-corrected chi connectivity index (χ4v) is 3.94.